The molecule has 1 saturated heterocycles. The van der Waals surface area contributed by atoms with Crippen molar-refractivity contribution in [1.29, 1.82) is 0 Å². The summed E-state index contributed by atoms with van der Waals surface area (Å²) >= 11 is 0. The Morgan fingerprint density at radius 1 is 0.839 bits per heavy atom. The van der Waals surface area contributed by atoms with Crippen LogP contribution in [-0.2, 0) is 11.2 Å². The minimum Gasteiger partial charge on any atom is -0.504 e. The minimum atomic E-state index is -0.336. The molecular formula is C23H30O8. The molecule has 170 valence electrons. The maximum Gasteiger partial charge on any atom is 0.203 e. The van der Waals surface area contributed by atoms with E-state index in [9.17, 15) is 10.2 Å². The lowest BCUT2D eigenvalue weighted by molar-refractivity contribution is 0.0715. The third kappa shape index (κ3) is 4.45. The molecule has 1 fully saturated rings. The number of rotatable bonds is 9. The van der Waals surface area contributed by atoms with Crippen LogP contribution in [0, 0.1) is 11.8 Å². The first-order valence-electron chi connectivity index (χ1n) is 9.97. The number of aliphatic hydroxyl groups is 1. The molecule has 0 radical (unpaired) electrons. The molecule has 2 aromatic rings. The molecule has 1 aliphatic heterocycles. The number of phenolic OH excluding ortho intramolecular Hbond substituents is 1. The third-order valence-corrected chi connectivity index (χ3v) is 5.73. The molecule has 0 saturated carbocycles. The van der Waals surface area contributed by atoms with Crippen LogP contribution in [0.15, 0.2) is 24.3 Å². The van der Waals surface area contributed by atoms with Gasteiger partial charge >= 0.3 is 0 Å². The van der Waals surface area contributed by atoms with E-state index in [4.69, 9.17) is 28.4 Å². The van der Waals surface area contributed by atoms with Gasteiger partial charge in [-0.05, 0) is 47.7 Å². The lowest BCUT2D eigenvalue weighted by Crippen LogP contribution is -2.21. The third-order valence-electron chi connectivity index (χ3n) is 5.73. The Bertz CT molecular complexity index is 872. The summed E-state index contributed by atoms with van der Waals surface area (Å²) in [5.74, 6) is 2.21. The summed E-state index contributed by atoms with van der Waals surface area (Å²) in [4.78, 5) is 0. The molecule has 2 N–H and O–H groups in total. The van der Waals surface area contributed by atoms with Crippen LogP contribution in [0.4, 0.5) is 0 Å². The Balaban J connectivity index is 1.88. The van der Waals surface area contributed by atoms with Crippen LogP contribution in [0.5, 0.6) is 34.5 Å². The van der Waals surface area contributed by atoms with Gasteiger partial charge in [0.2, 0.25) is 11.5 Å². The summed E-state index contributed by atoms with van der Waals surface area (Å²) in [6.45, 7) is 0.410. The smallest absolute Gasteiger partial charge is 0.203 e. The Kier molecular flexibility index (Phi) is 7.35. The predicted molar refractivity (Wildman–Crippen MR) is 114 cm³/mol. The second-order valence-corrected chi connectivity index (χ2v) is 7.37. The number of aromatic hydroxyl groups is 1. The Morgan fingerprint density at radius 2 is 1.42 bits per heavy atom. The summed E-state index contributed by atoms with van der Waals surface area (Å²) in [5.41, 5.74) is 1.71. The summed E-state index contributed by atoms with van der Waals surface area (Å²) in [6.07, 6.45) is 0.262. The van der Waals surface area contributed by atoms with Gasteiger partial charge in [-0.1, -0.05) is 0 Å². The van der Waals surface area contributed by atoms with Crippen LogP contribution in [-0.4, -0.2) is 59.0 Å². The first kappa shape index (κ1) is 22.8. The van der Waals surface area contributed by atoms with Crippen molar-refractivity contribution in [1.82, 2.24) is 0 Å². The van der Waals surface area contributed by atoms with E-state index in [1.54, 1.807) is 27.4 Å². The van der Waals surface area contributed by atoms with Gasteiger partial charge in [-0.2, -0.15) is 0 Å². The number of hydrogen-bond donors (Lipinski definition) is 2. The Hall–Kier alpha value is -2.84. The fourth-order valence-electron chi connectivity index (χ4n) is 4.21. The average molecular weight is 434 g/mol. The van der Waals surface area contributed by atoms with E-state index in [1.807, 2.05) is 18.2 Å². The zero-order valence-corrected chi connectivity index (χ0v) is 18.5. The standard InChI is InChI=1S/C23H30O8/c1-26-18-8-13(7-17(25)22(18)29-4)6-15-12-31-21(16(15)11-24)14-9-19(27-2)23(30-5)20(10-14)28-3/h7-10,15-16,21,24-25H,6,11-12H2,1-5H3. The molecule has 0 aromatic heterocycles. The van der Waals surface area contributed by atoms with Crippen molar-refractivity contribution in [3.05, 3.63) is 35.4 Å². The lowest BCUT2D eigenvalue weighted by atomic mass is 9.84. The SMILES string of the molecule is COc1cc(CC2COC(c3cc(OC)c(OC)c(OC)c3)C2CO)cc(O)c1OC. The van der Waals surface area contributed by atoms with Crippen LogP contribution < -0.4 is 23.7 Å². The topological polar surface area (TPSA) is 95.8 Å². The number of phenols is 1. The van der Waals surface area contributed by atoms with Gasteiger partial charge in [0.15, 0.2) is 23.0 Å². The van der Waals surface area contributed by atoms with Crippen LogP contribution in [0.2, 0.25) is 0 Å². The minimum absolute atomic E-state index is 0.0116. The molecule has 0 aliphatic carbocycles. The summed E-state index contributed by atoms with van der Waals surface area (Å²) in [7, 11) is 7.68. The van der Waals surface area contributed by atoms with Crippen molar-refractivity contribution in [2.24, 2.45) is 11.8 Å². The molecule has 0 amide bonds. The summed E-state index contributed by atoms with van der Waals surface area (Å²) in [5, 5.41) is 20.4. The highest BCUT2D eigenvalue weighted by molar-refractivity contribution is 5.55. The zero-order valence-electron chi connectivity index (χ0n) is 18.5. The molecule has 3 unspecified atom stereocenters. The molecular weight excluding hydrogens is 404 g/mol. The van der Waals surface area contributed by atoms with Crippen LogP contribution >= 0.6 is 0 Å². The summed E-state index contributed by atoms with van der Waals surface area (Å²) in [6, 6.07) is 7.18. The van der Waals surface area contributed by atoms with Crippen molar-refractivity contribution >= 4 is 0 Å². The number of methoxy groups -OCH3 is 5. The van der Waals surface area contributed by atoms with Gasteiger partial charge in [0.25, 0.3) is 0 Å². The fourth-order valence-corrected chi connectivity index (χ4v) is 4.21. The van der Waals surface area contributed by atoms with Gasteiger partial charge in [-0.3, -0.25) is 0 Å². The van der Waals surface area contributed by atoms with E-state index < -0.39 is 0 Å². The van der Waals surface area contributed by atoms with Crippen LogP contribution in [0.3, 0.4) is 0 Å². The van der Waals surface area contributed by atoms with Crippen molar-refractivity contribution in [3.8, 4) is 34.5 Å². The van der Waals surface area contributed by atoms with Gasteiger partial charge in [0, 0.05) is 12.5 Å². The second kappa shape index (κ2) is 9.98. The number of hydrogen-bond acceptors (Lipinski definition) is 8. The molecule has 0 bridgehead atoms. The predicted octanol–water partition coefficient (Wildman–Crippen LogP) is 2.97. The first-order chi connectivity index (χ1) is 15.0. The highest BCUT2D eigenvalue weighted by Gasteiger charge is 2.38. The van der Waals surface area contributed by atoms with Crippen molar-refractivity contribution < 1.29 is 38.6 Å². The average Bonchev–Trinajstić information content (AvgIpc) is 3.19. The monoisotopic (exact) mass is 434 g/mol. The van der Waals surface area contributed by atoms with Gasteiger partial charge in [0.1, 0.15) is 0 Å². The van der Waals surface area contributed by atoms with Crippen molar-refractivity contribution in [2.75, 3.05) is 48.8 Å². The highest BCUT2D eigenvalue weighted by Crippen LogP contribution is 2.46. The van der Waals surface area contributed by atoms with Gasteiger partial charge < -0.3 is 38.6 Å². The van der Waals surface area contributed by atoms with Crippen LogP contribution in [0.1, 0.15) is 17.2 Å². The molecule has 0 spiro atoms. The van der Waals surface area contributed by atoms with E-state index in [2.05, 4.69) is 0 Å². The van der Waals surface area contributed by atoms with Crippen molar-refractivity contribution in [2.45, 2.75) is 12.5 Å². The normalized spacial score (nSPS) is 20.4. The highest BCUT2D eigenvalue weighted by atomic mass is 16.5. The van der Waals surface area contributed by atoms with Gasteiger partial charge in [0.05, 0.1) is 48.3 Å². The summed E-state index contributed by atoms with van der Waals surface area (Å²) < 4.78 is 32.9. The van der Waals surface area contributed by atoms with E-state index in [1.165, 1.54) is 14.2 Å². The maximum atomic E-state index is 10.3. The zero-order chi connectivity index (χ0) is 22.5. The molecule has 8 nitrogen and oxygen atoms in total. The number of benzene rings is 2. The van der Waals surface area contributed by atoms with Crippen molar-refractivity contribution in [3.63, 3.8) is 0 Å². The quantitative estimate of drug-likeness (QED) is 0.622. The lowest BCUT2D eigenvalue weighted by Gasteiger charge is -2.23. The van der Waals surface area contributed by atoms with Crippen LogP contribution in [0.25, 0.3) is 0 Å². The molecule has 3 atom stereocenters. The molecule has 1 heterocycles. The molecule has 31 heavy (non-hydrogen) atoms. The second-order valence-electron chi connectivity index (χ2n) is 7.37. The number of aliphatic hydroxyl groups excluding tert-OH is 1. The van der Waals surface area contributed by atoms with E-state index in [0.29, 0.717) is 41.8 Å². The largest absolute Gasteiger partial charge is 0.504 e. The fraction of sp³-hybridized carbons (Fsp3) is 0.478. The van der Waals surface area contributed by atoms with E-state index in [0.717, 1.165) is 11.1 Å². The Morgan fingerprint density at radius 3 is 1.94 bits per heavy atom. The maximum absolute atomic E-state index is 10.3. The van der Waals surface area contributed by atoms with E-state index in [-0.39, 0.29) is 30.3 Å². The number of ether oxygens (including phenoxy) is 6. The van der Waals surface area contributed by atoms with Gasteiger partial charge in [-0.25, -0.2) is 0 Å². The molecule has 3 rings (SSSR count). The molecule has 2 aromatic carbocycles. The van der Waals surface area contributed by atoms with Gasteiger partial charge in [-0.15, -0.1) is 0 Å². The molecule has 1 aliphatic rings. The first-order valence-corrected chi connectivity index (χ1v) is 9.97. The van der Waals surface area contributed by atoms with E-state index >= 15 is 0 Å². The molecule has 8 heteroatoms. The Labute approximate surface area is 182 Å².